The van der Waals surface area contributed by atoms with E-state index in [9.17, 15) is 8.42 Å². The van der Waals surface area contributed by atoms with Gasteiger partial charge in [-0.05, 0) is 36.6 Å². The zero-order valence-electron chi connectivity index (χ0n) is 15.2. The van der Waals surface area contributed by atoms with Crippen LogP contribution in [-0.4, -0.2) is 42.7 Å². The van der Waals surface area contributed by atoms with Crippen molar-refractivity contribution >= 4 is 9.84 Å². The lowest BCUT2D eigenvalue weighted by Gasteiger charge is -2.24. The summed E-state index contributed by atoms with van der Waals surface area (Å²) in [5.41, 5.74) is 2.94. The van der Waals surface area contributed by atoms with Crippen molar-refractivity contribution in [1.82, 2.24) is 15.1 Å². The molecule has 0 spiro atoms. The van der Waals surface area contributed by atoms with E-state index >= 15 is 0 Å². The maximum Gasteiger partial charge on any atom is 0.175 e. The molecule has 1 heterocycles. The smallest absolute Gasteiger partial charge is 0.175 e. The zero-order chi connectivity index (χ0) is 18.6. The second-order valence-electron chi connectivity index (χ2n) is 6.95. The lowest BCUT2D eigenvalue weighted by atomic mass is 9.95. The van der Waals surface area contributed by atoms with Crippen LogP contribution >= 0.6 is 0 Å². The van der Waals surface area contributed by atoms with Gasteiger partial charge < -0.3 is 10.4 Å². The standard InChI is InChI=1S/C19H27N3O3S/c1-26(24,25)18-9-7-15(8-10-18)19-13-16(14-20-11-12-23)21-22(19)17-5-3-2-4-6-17/h7-10,13,17,20,23H,2-6,11-12,14H2,1H3. The molecule has 2 aromatic rings. The molecule has 1 aliphatic rings. The molecule has 1 saturated carbocycles. The Balaban J connectivity index is 1.92. The number of nitrogens with one attached hydrogen (secondary N) is 1. The average molecular weight is 378 g/mol. The Labute approximate surface area is 155 Å². The van der Waals surface area contributed by atoms with Gasteiger partial charge in [0.15, 0.2) is 9.84 Å². The van der Waals surface area contributed by atoms with E-state index in [1.807, 2.05) is 12.1 Å². The lowest BCUT2D eigenvalue weighted by Crippen LogP contribution is -2.19. The highest BCUT2D eigenvalue weighted by Gasteiger charge is 2.21. The molecule has 0 radical (unpaired) electrons. The molecular formula is C19H27N3O3S. The Morgan fingerprint density at radius 2 is 1.88 bits per heavy atom. The molecule has 0 aliphatic heterocycles. The first-order chi connectivity index (χ1) is 12.5. The summed E-state index contributed by atoms with van der Waals surface area (Å²) in [6.07, 6.45) is 7.18. The third kappa shape index (κ3) is 4.52. The summed E-state index contributed by atoms with van der Waals surface area (Å²) < 4.78 is 25.5. The van der Waals surface area contributed by atoms with E-state index in [0.717, 1.165) is 29.8 Å². The first-order valence-electron chi connectivity index (χ1n) is 9.19. The summed E-state index contributed by atoms with van der Waals surface area (Å²) in [6, 6.07) is 9.49. The van der Waals surface area contributed by atoms with E-state index in [4.69, 9.17) is 10.2 Å². The Hall–Kier alpha value is -1.70. The quantitative estimate of drug-likeness (QED) is 0.725. The van der Waals surface area contributed by atoms with Crippen LogP contribution < -0.4 is 5.32 Å². The van der Waals surface area contributed by atoms with E-state index in [1.54, 1.807) is 12.1 Å². The first kappa shape index (κ1) is 19.1. The molecule has 142 valence electrons. The number of sulfone groups is 1. The average Bonchev–Trinajstić information content (AvgIpc) is 3.06. The SMILES string of the molecule is CS(=O)(=O)c1ccc(-c2cc(CNCCO)nn2C2CCCCC2)cc1. The molecule has 6 nitrogen and oxygen atoms in total. The summed E-state index contributed by atoms with van der Waals surface area (Å²) >= 11 is 0. The fourth-order valence-corrected chi connectivity index (χ4v) is 4.15. The van der Waals surface area contributed by atoms with E-state index in [-0.39, 0.29) is 6.61 Å². The van der Waals surface area contributed by atoms with Crippen LogP contribution in [-0.2, 0) is 16.4 Å². The van der Waals surface area contributed by atoms with Crippen molar-refractivity contribution in [2.45, 2.75) is 49.6 Å². The highest BCUT2D eigenvalue weighted by atomic mass is 32.2. The molecule has 0 atom stereocenters. The van der Waals surface area contributed by atoms with Gasteiger partial charge in [-0.3, -0.25) is 4.68 Å². The predicted molar refractivity (Wildman–Crippen MR) is 102 cm³/mol. The van der Waals surface area contributed by atoms with Gasteiger partial charge in [0.05, 0.1) is 28.9 Å². The highest BCUT2D eigenvalue weighted by Crippen LogP contribution is 2.33. The third-order valence-electron chi connectivity index (χ3n) is 4.88. The van der Waals surface area contributed by atoms with Crippen LogP contribution in [0.4, 0.5) is 0 Å². The summed E-state index contributed by atoms with van der Waals surface area (Å²) in [7, 11) is -3.20. The molecule has 0 amide bonds. The zero-order valence-corrected chi connectivity index (χ0v) is 16.0. The Morgan fingerprint density at radius 1 is 1.19 bits per heavy atom. The molecular weight excluding hydrogens is 350 g/mol. The van der Waals surface area contributed by atoms with Gasteiger partial charge in [0, 0.05) is 19.3 Å². The van der Waals surface area contributed by atoms with Crippen molar-refractivity contribution in [3.8, 4) is 11.3 Å². The van der Waals surface area contributed by atoms with Crippen LogP contribution in [0.15, 0.2) is 35.2 Å². The van der Waals surface area contributed by atoms with E-state index in [1.165, 1.54) is 25.5 Å². The number of aliphatic hydroxyl groups is 1. The molecule has 1 aromatic carbocycles. The number of nitrogens with zero attached hydrogens (tertiary/aromatic N) is 2. The minimum Gasteiger partial charge on any atom is -0.395 e. The Kier molecular flexibility index (Phi) is 6.11. The van der Waals surface area contributed by atoms with Crippen molar-refractivity contribution in [2.75, 3.05) is 19.4 Å². The molecule has 0 unspecified atom stereocenters. The summed E-state index contributed by atoms with van der Waals surface area (Å²) in [6.45, 7) is 1.24. The van der Waals surface area contributed by atoms with E-state index in [0.29, 0.717) is 24.0 Å². The van der Waals surface area contributed by atoms with Gasteiger partial charge in [0.1, 0.15) is 0 Å². The van der Waals surface area contributed by atoms with Gasteiger partial charge >= 0.3 is 0 Å². The topological polar surface area (TPSA) is 84.2 Å². The van der Waals surface area contributed by atoms with Crippen LogP contribution in [0.1, 0.15) is 43.8 Å². The number of benzene rings is 1. The van der Waals surface area contributed by atoms with Crippen LogP contribution in [0.25, 0.3) is 11.3 Å². The van der Waals surface area contributed by atoms with Crippen molar-refractivity contribution in [1.29, 1.82) is 0 Å². The van der Waals surface area contributed by atoms with Crippen LogP contribution in [0, 0.1) is 0 Å². The molecule has 0 bridgehead atoms. The van der Waals surface area contributed by atoms with Crippen molar-refractivity contribution in [3.05, 3.63) is 36.0 Å². The van der Waals surface area contributed by atoms with E-state index in [2.05, 4.69) is 16.1 Å². The normalized spacial score (nSPS) is 16.1. The molecule has 26 heavy (non-hydrogen) atoms. The molecule has 1 aliphatic carbocycles. The molecule has 3 rings (SSSR count). The number of aromatic nitrogens is 2. The Bertz CT molecular complexity index is 822. The van der Waals surface area contributed by atoms with Gasteiger partial charge in [-0.15, -0.1) is 0 Å². The molecule has 1 fully saturated rings. The fourth-order valence-electron chi connectivity index (χ4n) is 3.52. The van der Waals surface area contributed by atoms with Crippen LogP contribution in [0.5, 0.6) is 0 Å². The monoisotopic (exact) mass is 377 g/mol. The van der Waals surface area contributed by atoms with Gasteiger partial charge in [-0.1, -0.05) is 31.4 Å². The minimum absolute atomic E-state index is 0.100. The van der Waals surface area contributed by atoms with Crippen molar-refractivity contribution in [3.63, 3.8) is 0 Å². The fraction of sp³-hybridized carbons (Fsp3) is 0.526. The second kappa shape index (κ2) is 8.33. The minimum atomic E-state index is -3.20. The summed E-state index contributed by atoms with van der Waals surface area (Å²) in [4.78, 5) is 0.329. The molecule has 0 saturated heterocycles. The maximum absolute atomic E-state index is 11.7. The van der Waals surface area contributed by atoms with Crippen molar-refractivity contribution < 1.29 is 13.5 Å². The third-order valence-corrected chi connectivity index (χ3v) is 6.01. The van der Waals surface area contributed by atoms with Crippen LogP contribution in [0.2, 0.25) is 0 Å². The largest absolute Gasteiger partial charge is 0.395 e. The van der Waals surface area contributed by atoms with Gasteiger partial charge in [0.2, 0.25) is 0 Å². The van der Waals surface area contributed by atoms with Gasteiger partial charge in [0.25, 0.3) is 0 Å². The molecule has 1 aromatic heterocycles. The first-order valence-corrected chi connectivity index (χ1v) is 11.1. The van der Waals surface area contributed by atoms with E-state index < -0.39 is 9.84 Å². The van der Waals surface area contributed by atoms with Crippen LogP contribution in [0.3, 0.4) is 0 Å². The number of aliphatic hydroxyl groups excluding tert-OH is 1. The Morgan fingerprint density at radius 3 is 2.50 bits per heavy atom. The number of rotatable bonds is 7. The lowest BCUT2D eigenvalue weighted by molar-refractivity contribution is 0.291. The number of hydrogen-bond acceptors (Lipinski definition) is 5. The highest BCUT2D eigenvalue weighted by molar-refractivity contribution is 7.90. The number of hydrogen-bond donors (Lipinski definition) is 2. The summed E-state index contributed by atoms with van der Waals surface area (Å²) in [5, 5.41) is 16.9. The van der Waals surface area contributed by atoms with Gasteiger partial charge in [-0.25, -0.2) is 8.42 Å². The predicted octanol–water partition coefficient (Wildman–Crippen LogP) is 2.54. The molecule has 7 heteroatoms. The van der Waals surface area contributed by atoms with Crippen molar-refractivity contribution in [2.24, 2.45) is 0 Å². The molecule has 2 N–H and O–H groups in total. The second-order valence-corrected chi connectivity index (χ2v) is 8.97. The maximum atomic E-state index is 11.7. The summed E-state index contributed by atoms with van der Waals surface area (Å²) in [5.74, 6) is 0. The van der Waals surface area contributed by atoms with Gasteiger partial charge in [-0.2, -0.15) is 5.10 Å².